The molecule has 0 N–H and O–H groups in total. The normalized spacial score (nSPS) is 20.3. The number of esters is 1. The summed E-state index contributed by atoms with van der Waals surface area (Å²) in [6.45, 7) is 3.91. The fourth-order valence-corrected chi connectivity index (χ4v) is 4.35. The zero-order valence-electron chi connectivity index (χ0n) is 17.4. The van der Waals surface area contributed by atoms with Gasteiger partial charge in [-0.1, -0.05) is 18.2 Å². The number of rotatable bonds is 5. The maximum absolute atomic E-state index is 14.1. The number of benzene rings is 2. The topological polar surface area (TPSA) is 51.1 Å². The van der Waals surface area contributed by atoms with Gasteiger partial charge in [0.05, 0.1) is 25.5 Å². The first-order chi connectivity index (χ1) is 14.5. The van der Waals surface area contributed by atoms with E-state index in [-0.39, 0.29) is 17.8 Å². The number of hydrogen-bond acceptors (Lipinski definition) is 5. The predicted octanol–water partition coefficient (Wildman–Crippen LogP) is 4.62. The van der Waals surface area contributed by atoms with Gasteiger partial charge in [-0.05, 0) is 62.1 Å². The van der Waals surface area contributed by atoms with E-state index in [1.54, 1.807) is 26.2 Å². The maximum Gasteiger partial charge on any atom is 0.332 e. The van der Waals surface area contributed by atoms with Gasteiger partial charge in [-0.25, -0.2) is 9.18 Å². The molecule has 0 amide bonds. The van der Waals surface area contributed by atoms with Crippen molar-refractivity contribution in [2.24, 2.45) is 11.0 Å². The van der Waals surface area contributed by atoms with Crippen LogP contribution >= 0.6 is 0 Å². The first kappa shape index (κ1) is 20.1. The van der Waals surface area contributed by atoms with Crippen molar-refractivity contribution in [2.45, 2.75) is 32.7 Å². The fourth-order valence-electron chi connectivity index (χ4n) is 4.35. The summed E-state index contributed by atoms with van der Waals surface area (Å²) in [7, 11) is 1.65. The Bertz CT molecular complexity index is 1030. The highest BCUT2D eigenvalue weighted by molar-refractivity contribution is 6.06. The molecule has 5 nitrogen and oxygen atoms in total. The molecule has 1 aliphatic heterocycles. The Morgan fingerprint density at radius 1 is 1.30 bits per heavy atom. The van der Waals surface area contributed by atoms with Gasteiger partial charge in [0.2, 0.25) is 0 Å². The van der Waals surface area contributed by atoms with Crippen LogP contribution in [0, 0.1) is 11.7 Å². The largest absolute Gasteiger partial charge is 0.497 e. The van der Waals surface area contributed by atoms with E-state index in [0.29, 0.717) is 12.3 Å². The number of aryl methyl sites for hydroxylation is 1. The van der Waals surface area contributed by atoms with Gasteiger partial charge in [-0.2, -0.15) is 5.10 Å². The van der Waals surface area contributed by atoms with Gasteiger partial charge >= 0.3 is 5.97 Å². The zero-order valence-corrected chi connectivity index (χ0v) is 17.4. The second-order valence-corrected chi connectivity index (χ2v) is 7.54. The molecule has 0 saturated carbocycles. The molecule has 30 heavy (non-hydrogen) atoms. The minimum absolute atomic E-state index is 0.0805. The minimum Gasteiger partial charge on any atom is -0.497 e. The van der Waals surface area contributed by atoms with Crippen LogP contribution in [-0.4, -0.2) is 30.4 Å². The van der Waals surface area contributed by atoms with Gasteiger partial charge in [0.15, 0.2) is 0 Å². The molecule has 0 unspecified atom stereocenters. The van der Waals surface area contributed by atoms with Crippen LogP contribution in [-0.2, 0) is 16.0 Å². The summed E-state index contributed by atoms with van der Waals surface area (Å²) in [6, 6.07) is 12.5. The van der Waals surface area contributed by atoms with Crippen LogP contribution in [0.15, 0.2) is 59.3 Å². The first-order valence-corrected chi connectivity index (χ1v) is 10.2. The van der Waals surface area contributed by atoms with Crippen LogP contribution in [0.5, 0.6) is 5.75 Å². The molecule has 156 valence electrons. The smallest absolute Gasteiger partial charge is 0.332 e. The number of hydrogen-bond donors (Lipinski definition) is 0. The van der Waals surface area contributed by atoms with E-state index in [4.69, 9.17) is 14.6 Å². The van der Waals surface area contributed by atoms with Crippen molar-refractivity contribution in [3.05, 3.63) is 76.7 Å². The second-order valence-electron chi connectivity index (χ2n) is 7.54. The lowest BCUT2D eigenvalue weighted by Crippen LogP contribution is -2.28. The molecule has 0 spiro atoms. The summed E-state index contributed by atoms with van der Waals surface area (Å²) in [5.41, 5.74) is 4.72. The molecule has 2 aromatic carbocycles. The van der Waals surface area contributed by atoms with Gasteiger partial charge in [0.25, 0.3) is 0 Å². The van der Waals surface area contributed by atoms with Crippen molar-refractivity contribution in [1.29, 1.82) is 0 Å². The summed E-state index contributed by atoms with van der Waals surface area (Å²) in [5, 5.41) is 6.76. The van der Waals surface area contributed by atoms with Gasteiger partial charge < -0.3 is 9.47 Å². The number of fused-ring (bicyclic) bond motifs is 3. The molecular weight excluding hydrogens is 383 g/mol. The van der Waals surface area contributed by atoms with Crippen molar-refractivity contribution < 1.29 is 18.7 Å². The summed E-state index contributed by atoms with van der Waals surface area (Å²) in [4.78, 5) is 12.1. The number of hydrazone groups is 1. The minimum atomic E-state index is -0.412. The number of allylic oxidation sites excluding steroid dienone is 1. The molecule has 6 heteroatoms. The Kier molecular flexibility index (Phi) is 5.57. The van der Waals surface area contributed by atoms with Gasteiger partial charge in [-0.3, -0.25) is 5.01 Å². The highest BCUT2D eigenvalue weighted by Crippen LogP contribution is 2.45. The molecule has 0 radical (unpaired) electrons. The van der Waals surface area contributed by atoms with Gasteiger partial charge in [0, 0.05) is 23.3 Å². The SMILES string of the molecule is CCOC(=O)/C=C(\C)N1N=C2c3cc(OC)ccc3CC[C@H]2[C@H]1c1cccc(F)c1. The van der Waals surface area contributed by atoms with E-state index in [9.17, 15) is 9.18 Å². The number of halogens is 1. The molecule has 0 bridgehead atoms. The number of carbonyl (C=O) groups excluding carboxylic acids is 1. The van der Waals surface area contributed by atoms with Crippen molar-refractivity contribution in [3.8, 4) is 5.75 Å². The highest BCUT2D eigenvalue weighted by atomic mass is 19.1. The summed E-state index contributed by atoms with van der Waals surface area (Å²) < 4.78 is 24.5. The van der Waals surface area contributed by atoms with E-state index in [2.05, 4.69) is 6.07 Å². The van der Waals surface area contributed by atoms with Crippen LogP contribution in [0.2, 0.25) is 0 Å². The van der Waals surface area contributed by atoms with Crippen LogP contribution in [0.1, 0.15) is 43.0 Å². The second kappa shape index (κ2) is 8.30. The number of ether oxygens (including phenoxy) is 2. The Morgan fingerprint density at radius 2 is 2.13 bits per heavy atom. The molecule has 0 saturated heterocycles. The standard InChI is InChI=1S/C24H25FN2O3/c1-4-30-22(28)12-15(2)27-24(17-6-5-7-18(25)13-17)20-11-9-16-8-10-19(29-3)14-21(16)23(20)26-27/h5-8,10,12-14,20,24H,4,9,11H2,1-3H3/b15-12+/t20-,24-/m1/s1. The van der Waals surface area contributed by atoms with Gasteiger partial charge in [0.1, 0.15) is 11.6 Å². The average Bonchev–Trinajstić information content (AvgIpc) is 3.13. The van der Waals surface area contributed by atoms with Crippen molar-refractivity contribution in [2.75, 3.05) is 13.7 Å². The molecule has 2 aliphatic rings. The van der Waals surface area contributed by atoms with Gasteiger partial charge in [-0.15, -0.1) is 0 Å². The third-order valence-electron chi connectivity index (χ3n) is 5.69. The molecule has 4 rings (SSSR count). The van der Waals surface area contributed by atoms with Crippen LogP contribution in [0.3, 0.4) is 0 Å². The third-order valence-corrected chi connectivity index (χ3v) is 5.69. The van der Waals surface area contributed by atoms with E-state index in [0.717, 1.165) is 35.4 Å². The Morgan fingerprint density at radius 3 is 2.87 bits per heavy atom. The molecule has 2 aromatic rings. The Labute approximate surface area is 175 Å². The zero-order chi connectivity index (χ0) is 21.3. The molecule has 1 aliphatic carbocycles. The molecule has 0 fully saturated rings. The van der Waals surface area contributed by atoms with Crippen LogP contribution < -0.4 is 4.74 Å². The molecule has 2 atom stereocenters. The van der Waals surface area contributed by atoms with E-state index in [1.165, 1.54) is 17.7 Å². The van der Waals surface area contributed by atoms with E-state index < -0.39 is 5.97 Å². The van der Waals surface area contributed by atoms with Crippen molar-refractivity contribution in [3.63, 3.8) is 0 Å². The lowest BCUT2D eigenvalue weighted by Gasteiger charge is -2.31. The highest BCUT2D eigenvalue weighted by Gasteiger charge is 2.42. The van der Waals surface area contributed by atoms with E-state index in [1.807, 2.05) is 30.1 Å². The molecule has 0 aromatic heterocycles. The quantitative estimate of drug-likeness (QED) is 0.535. The summed E-state index contributed by atoms with van der Waals surface area (Å²) >= 11 is 0. The summed E-state index contributed by atoms with van der Waals surface area (Å²) in [5.74, 6) is 0.157. The van der Waals surface area contributed by atoms with E-state index >= 15 is 0 Å². The Hall–Kier alpha value is -3.15. The number of carbonyl (C=O) groups is 1. The Balaban J connectivity index is 1.80. The molecule has 1 heterocycles. The molecular formula is C24H25FN2O3. The fraction of sp³-hybridized carbons (Fsp3) is 0.333. The monoisotopic (exact) mass is 408 g/mol. The van der Waals surface area contributed by atoms with Crippen molar-refractivity contribution >= 4 is 11.7 Å². The number of nitrogens with zero attached hydrogens (tertiary/aromatic N) is 2. The van der Waals surface area contributed by atoms with Crippen LogP contribution in [0.25, 0.3) is 0 Å². The first-order valence-electron chi connectivity index (χ1n) is 10.2. The predicted molar refractivity (Wildman–Crippen MR) is 113 cm³/mol. The summed E-state index contributed by atoms with van der Waals surface area (Å²) in [6.07, 6.45) is 3.25. The third kappa shape index (κ3) is 3.70. The lowest BCUT2D eigenvalue weighted by atomic mass is 9.77. The van der Waals surface area contributed by atoms with Crippen LogP contribution in [0.4, 0.5) is 4.39 Å². The number of methoxy groups -OCH3 is 1. The maximum atomic E-state index is 14.1. The lowest BCUT2D eigenvalue weighted by molar-refractivity contribution is -0.137. The average molecular weight is 408 g/mol. The van der Waals surface area contributed by atoms with Crippen molar-refractivity contribution in [1.82, 2.24) is 5.01 Å².